The number of amides is 1. The summed E-state index contributed by atoms with van der Waals surface area (Å²) in [7, 11) is 0. The van der Waals surface area contributed by atoms with Gasteiger partial charge in [0.1, 0.15) is 5.82 Å². The summed E-state index contributed by atoms with van der Waals surface area (Å²) in [5.74, 6) is -2.96. The standard InChI is InChI=1S/C8H5BrFNO2/c9-4-1-2-6(10)5(3-4)7(12)8(11)13/h1-3H,(H2,11,13). The lowest BCUT2D eigenvalue weighted by atomic mass is 10.1. The van der Waals surface area contributed by atoms with Crippen molar-refractivity contribution in [3.05, 3.63) is 34.1 Å². The molecule has 2 N–H and O–H groups in total. The Bertz CT molecular complexity index is 378. The first kappa shape index (κ1) is 9.85. The van der Waals surface area contributed by atoms with Gasteiger partial charge in [-0.25, -0.2) is 4.39 Å². The van der Waals surface area contributed by atoms with Crippen molar-refractivity contribution in [1.29, 1.82) is 0 Å². The van der Waals surface area contributed by atoms with E-state index < -0.39 is 17.5 Å². The molecule has 0 spiro atoms. The van der Waals surface area contributed by atoms with Gasteiger partial charge in [0, 0.05) is 4.47 Å². The van der Waals surface area contributed by atoms with Crippen molar-refractivity contribution in [3.8, 4) is 0 Å². The van der Waals surface area contributed by atoms with Crippen molar-refractivity contribution >= 4 is 27.6 Å². The van der Waals surface area contributed by atoms with E-state index in [1.54, 1.807) is 0 Å². The molecular weight excluding hydrogens is 241 g/mol. The highest BCUT2D eigenvalue weighted by atomic mass is 79.9. The van der Waals surface area contributed by atoms with Crippen LogP contribution in [0.5, 0.6) is 0 Å². The van der Waals surface area contributed by atoms with Gasteiger partial charge in [-0.1, -0.05) is 15.9 Å². The molecule has 5 heteroatoms. The predicted molar refractivity (Wildman–Crippen MR) is 47.6 cm³/mol. The first-order chi connectivity index (χ1) is 6.02. The fourth-order valence-electron chi connectivity index (χ4n) is 0.804. The average molecular weight is 246 g/mol. The van der Waals surface area contributed by atoms with Crippen LogP contribution in [0.15, 0.2) is 22.7 Å². The first-order valence-corrected chi connectivity index (χ1v) is 4.11. The van der Waals surface area contributed by atoms with Crippen LogP contribution in [0.1, 0.15) is 10.4 Å². The van der Waals surface area contributed by atoms with E-state index in [0.29, 0.717) is 4.47 Å². The van der Waals surface area contributed by atoms with Crippen LogP contribution in [0.3, 0.4) is 0 Å². The summed E-state index contributed by atoms with van der Waals surface area (Å²) in [6, 6.07) is 3.72. The molecule has 13 heavy (non-hydrogen) atoms. The zero-order valence-electron chi connectivity index (χ0n) is 6.38. The first-order valence-electron chi connectivity index (χ1n) is 3.31. The van der Waals surface area contributed by atoms with Gasteiger partial charge in [-0.15, -0.1) is 0 Å². The van der Waals surface area contributed by atoms with Crippen molar-refractivity contribution in [2.45, 2.75) is 0 Å². The zero-order valence-corrected chi connectivity index (χ0v) is 7.97. The Morgan fingerprint density at radius 1 is 1.38 bits per heavy atom. The number of nitrogens with two attached hydrogens (primary N) is 1. The van der Waals surface area contributed by atoms with Crippen LogP contribution in [-0.2, 0) is 4.79 Å². The Kier molecular flexibility index (Phi) is 2.77. The largest absolute Gasteiger partial charge is 0.363 e. The molecule has 0 bridgehead atoms. The van der Waals surface area contributed by atoms with Crippen molar-refractivity contribution in [2.24, 2.45) is 5.73 Å². The summed E-state index contributed by atoms with van der Waals surface area (Å²) in [5, 5.41) is 0. The van der Waals surface area contributed by atoms with Crippen molar-refractivity contribution in [1.82, 2.24) is 0 Å². The SMILES string of the molecule is NC(=O)C(=O)c1cc(Br)ccc1F. The number of primary amides is 1. The van der Waals surface area contributed by atoms with E-state index in [-0.39, 0.29) is 5.56 Å². The molecule has 0 radical (unpaired) electrons. The molecule has 0 aliphatic rings. The molecule has 68 valence electrons. The minimum Gasteiger partial charge on any atom is -0.363 e. The molecule has 1 amide bonds. The van der Waals surface area contributed by atoms with E-state index >= 15 is 0 Å². The molecule has 1 aromatic rings. The van der Waals surface area contributed by atoms with E-state index in [2.05, 4.69) is 15.9 Å². The summed E-state index contributed by atoms with van der Waals surface area (Å²) in [6.45, 7) is 0. The smallest absolute Gasteiger partial charge is 0.289 e. The highest BCUT2D eigenvalue weighted by Crippen LogP contribution is 2.15. The molecule has 0 unspecified atom stereocenters. The van der Waals surface area contributed by atoms with Crippen LogP contribution in [0.4, 0.5) is 4.39 Å². The number of hydrogen-bond donors (Lipinski definition) is 1. The lowest BCUT2D eigenvalue weighted by Crippen LogP contribution is -2.24. The van der Waals surface area contributed by atoms with Gasteiger partial charge < -0.3 is 5.73 Å². The van der Waals surface area contributed by atoms with Crippen LogP contribution < -0.4 is 5.73 Å². The number of Topliss-reactive ketones (excluding diaryl/α,β-unsaturated/α-hetero) is 1. The third kappa shape index (κ3) is 2.12. The van der Waals surface area contributed by atoms with Crippen LogP contribution in [-0.4, -0.2) is 11.7 Å². The minimum atomic E-state index is -1.17. The van der Waals surface area contributed by atoms with Gasteiger partial charge in [0.05, 0.1) is 5.56 Å². The van der Waals surface area contributed by atoms with Crippen LogP contribution in [0.25, 0.3) is 0 Å². The van der Waals surface area contributed by atoms with E-state index in [1.165, 1.54) is 12.1 Å². The Morgan fingerprint density at radius 3 is 2.54 bits per heavy atom. The lowest BCUT2D eigenvalue weighted by molar-refractivity contribution is -0.114. The molecule has 0 atom stereocenters. The third-order valence-electron chi connectivity index (χ3n) is 1.40. The van der Waals surface area contributed by atoms with Gasteiger partial charge in [0.15, 0.2) is 0 Å². The summed E-state index contributed by atoms with van der Waals surface area (Å²) in [5.41, 5.74) is 4.40. The molecule has 0 heterocycles. The second-order valence-electron chi connectivity index (χ2n) is 2.32. The number of ketones is 1. The summed E-state index contributed by atoms with van der Waals surface area (Å²) in [6.07, 6.45) is 0. The molecule has 0 aromatic heterocycles. The van der Waals surface area contributed by atoms with E-state index in [1.807, 2.05) is 0 Å². The molecule has 0 saturated carbocycles. The Balaban J connectivity index is 3.21. The summed E-state index contributed by atoms with van der Waals surface area (Å²) >= 11 is 3.04. The molecule has 0 aliphatic carbocycles. The maximum atomic E-state index is 12.9. The third-order valence-corrected chi connectivity index (χ3v) is 1.89. The maximum absolute atomic E-state index is 12.9. The van der Waals surface area contributed by atoms with E-state index in [0.717, 1.165) is 6.07 Å². The number of halogens is 2. The maximum Gasteiger partial charge on any atom is 0.289 e. The van der Waals surface area contributed by atoms with E-state index in [9.17, 15) is 14.0 Å². The quantitative estimate of drug-likeness (QED) is 0.630. The van der Waals surface area contributed by atoms with E-state index in [4.69, 9.17) is 5.73 Å². The van der Waals surface area contributed by atoms with Gasteiger partial charge in [0.2, 0.25) is 0 Å². The van der Waals surface area contributed by atoms with Crippen LogP contribution in [0.2, 0.25) is 0 Å². The second kappa shape index (κ2) is 3.66. The van der Waals surface area contributed by atoms with Gasteiger partial charge in [0.25, 0.3) is 11.7 Å². The van der Waals surface area contributed by atoms with Gasteiger partial charge >= 0.3 is 0 Å². The summed E-state index contributed by atoms with van der Waals surface area (Å²) in [4.78, 5) is 21.4. The number of rotatable bonds is 2. The highest BCUT2D eigenvalue weighted by molar-refractivity contribution is 9.10. The van der Waals surface area contributed by atoms with Crippen LogP contribution >= 0.6 is 15.9 Å². The molecular formula is C8H5BrFNO2. The van der Waals surface area contributed by atoms with Crippen LogP contribution in [0, 0.1) is 5.82 Å². The van der Waals surface area contributed by atoms with Crippen molar-refractivity contribution in [3.63, 3.8) is 0 Å². The van der Waals surface area contributed by atoms with Crippen molar-refractivity contribution in [2.75, 3.05) is 0 Å². The molecule has 0 saturated heterocycles. The molecule has 1 aromatic carbocycles. The lowest BCUT2D eigenvalue weighted by Gasteiger charge is -1.99. The number of benzene rings is 1. The topological polar surface area (TPSA) is 60.2 Å². The average Bonchev–Trinajstić information content (AvgIpc) is 2.08. The number of hydrogen-bond acceptors (Lipinski definition) is 2. The number of carbonyl (C=O) groups is 2. The Labute approximate surface area is 81.9 Å². The highest BCUT2D eigenvalue weighted by Gasteiger charge is 2.16. The molecule has 0 fully saturated rings. The minimum absolute atomic E-state index is 0.318. The molecule has 3 nitrogen and oxygen atoms in total. The predicted octanol–water partition coefficient (Wildman–Crippen LogP) is 1.26. The fraction of sp³-hybridized carbons (Fsp3) is 0. The Hall–Kier alpha value is -1.23. The Morgan fingerprint density at radius 2 is 2.00 bits per heavy atom. The van der Waals surface area contributed by atoms with Gasteiger partial charge in [-0.3, -0.25) is 9.59 Å². The zero-order chi connectivity index (χ0) is 10.0. The molecule has 0 aliphatic heterocycles. The number of carbonyl (C=O) groups excluding carboxylic acids is 2. The monoisotopic (exact) mass is 245 g/mol. The van der Waals surface area contributed by atoms with Gasteiger partial charge in [-0.2, -0.15) is 0 Å². The summed E-state index contributed by atoms with van der Waals surface area (Å²) < 4.78 is 13.4. The van der Waals surface area contributed by atoms with Gasteiger partial charge in [-0.05, 0) is 18.2 Å². The normalized spacial score (nSPS) is 9.69. The second-order valence-corrected chi connectivity index (χ2v) is 3.23. The fourth-order valence-corrected chi connectivity index (χ4v) is 1.17. The van der Waals surface area contributed by atoms with Crippen molar-refractivity contribution < 1.29 is 14.0 Å². The molecule has 1 rings (SSSR count).